The van der Waals surface area contributed by atoms with E-state index in [0.717, 1.165) is 4.88 Å². The number of ether oxygens (including phenoxy) is 3. The predicted octanol–water partition coefficient (Wildman–Crippen LogP) is 2.93. The molecule has 0 amide bonds. The highest BCUT2D eigenvalue weighted by Crippen LogP contribution is 2.46. The van der Waals surface area contributed by atoms with Gasteiger partial charge in [-0.2, -0.15) is 12.6 Å². The van der Waals surface area contributed by atoms with Gasteiger partial charge < -0.3 is 14.2 Å². The molecule has 3 saturated heterocycles. The van der Waals surface area contributed by atoms with Crippen LogP contribution < -0.4 is 0 Å². The SMILES string of the molecule is CC(S)c1ccc(C23OCC(C)(CO2)CO3)s1. The Kier molecular flexibility index (Phi) is 2.80. The van der Waals surface area contributed by atoms with Crippen LogP contribution >= 0.6 is 24.0 Å². The molecule has 3 aliphatic heterocycles. The zero-order chi connectivity index (χ0) is 12.1. The van der Waals surface area contributed by atoms with E-state index < -0.39 is 5.97 Å². The normalized spacial score (nSPS) is 38.3. The molecule has 0 saturated carbocycles. The Morgan fingerprint density at radius 3 is 2.29 bits per heavy atom. The maximum atomic E-state index is 5.79. The van der Waals surface area contributed by atoms with Gasteiger partial charge in [0, 0.05) is 15.5 Å². The first kappa shape index (κ1) is 12.0. The zero-order valence-corrected chi connectivity index (χ0v) is 11.6. The second kappa shape index (κ2) is 3.96. The van der Waals surface area contributed by atoms with Crippen LogP contribution in [0, 0.1) is 5.41 Å². The van der Waals surface area contributed by atoms with Gasteiger partial charge in [-0.3, -0.25) is 0 Å². The van der Waals surface area contributed by atoms with Gasteiger partial charge in [-0.1, -0.05) is 6.92 Å². The van der Waals surface area contributed by atoms with Crippen LogP contribution in [0.4, 0.5) is 0 Å². The van der Waals surface area contributed by atoms with Crippen LogP contribution in [0.3, 0.4) is 0 Å². The largest absolute Gasteiger partial charge is 0.322 e. The van der Waals surface area contributed by atoms with Gasteiger partial charge in [0.05, 0.1) is 24.7 Å². The molecule has 17 heavy (non-hydrogen) atoms. The summed E-state index contributed by atoms with van der Waals surface area (Å²) in [5, 5.41) is 0.225. The first-order chi connectivity index (χ1) is 8.03. The molecule has 4 heterocycles. The standard InChI is InChI=1S/C12H16O3S2/c1-8(16)9-3-4-10(17-9)12-13-5-11(2,6-14-12)7-15-12/h3-4,8,16H,5-7H2,1-2H3. The minimum absolute atomic E-state index is 0.0126. The van der Waals surface area contributed by atoms with Crippen molar-refractivity contribution in [3.63, 3.8) is 0 Å². The van der Waals surface area contributed by atoms with Crippen LogP contribution in [0.1, 0.15) is 28.9 Å². The molecule has 1 aromatic heterocycles. The monoisotopic (exact) mass is 272 g/mol. The summed E-state index contributed by atoms with van der Waals surface area (Å²) in [7, 11) is 0. The fourth-order valence-electron chi connectivity index (χ4n) is 2.01. The lowest BCUT2D eigenvalue weighted by Gasteiger charge is -2.49. The van der Waals surface area contributed by atoms with Gasteiger partial charge in [0.25, 0.3) is 0 Å². The molecule has 3 fully saturated rings. The molecule has 94 valence electrons. The van der Waals surface area contributed by atoms with Crippen LogP contribution in [0.2, 0.25) is 0 Å². The van der Waals surface area contributed by atoms with Gasteiger partial charge in [-0.05, 0) is 19.1 Å². The van der Waals surface area contributed by atoms with Crippen LogP contribution in [-0.2, 0) is 20.2 Å². The molecular formula is C12H16O3S2. The number of rotatable bonds is 2. The molecule has 0 spiro atoms. The minimum Gasteiger partial charge on any atom is -0.322 e. The summed E-state index contributed by atoms with van der Waals surface area (Å²) in [5.41, 5.74) is 0.0126. The Balaban J connectivity index is 1.88. The molecule has 3 nitrogen and oxygen atoms in total. The fraction of sp³-hybridized carbons (Fsp3) is 0.667. The Morgan fingerprint density at radius 2 is 1.82 bits per heavy atom. The smallest absolute Gasteiger partial charge is 0.321 e. The van der Waals surface area contributed by atoms with Crippen molar-refractivity contribution in [3.05, 3.63) is 21.9 Å². The van der Waals surface area contributed by atoms with Crippen molar-refractivity contribution in [2.24, 2.45) is 5.41 Å². The molecule has 0 radical (unpaired) electrons. The maximum Gasteiger partial charge on any atom is 0.321 e. The average molecular weight is 272 g/mol. The van der Waals surface area contributed by atoms with Crippen molar-refractivity contribution in [1.29, 1.82) is 0 Å². The van der Waals surface area contributed by atoms with E-state index in [9.17, 15) is 0 Å². The van der Waals surface area contributed by atoms with Gasteiger partial charge in [0.2, 0.25) is 0 Å². The summed E-state index contributed by atoms with van der Waals surface area (Å²) in [4.78, 5) is 2.18. The molecule has 0 N–H and O–H groups in total. The van der Waals surface area contributed by atoms with Crippen molar-refractivity contribution in [3.8, 4) is 0 Å². The Bertz CT molecular complexity index is 403. The average Bonchev–Trinajstić information content (AvgIpc) is 2.80. The first-order valence-corrected chi connectivity index (χ1v) is 7.07. The summed E-state index contributed by atoms with van der Waals surface area (Å²) in [6.45, 7) is 6.24. The van der Waals surface area contributed by atoms with Crippen LogP contribution in [0.15, 0.2) is 12.1 Å². The molecular weight excluding hydrogens is 256 g/mol. The Morgan fingerprint density at radius 1 is 1.24 bits per heavy atom. The molecule has 2 bridgehead atoms. The first-order valence-electron chi connectivity index (χ1n) is 5.73. The van der Waals surface area contributed by atoms with Gasteiger partial charge in [0.15, 0.2) is 0 Å². The third-order valence-corrected chi connectivity index (χ3v) is 4.96. The Labute approximate surface area is 110 Å². The van der Waals surface area contributed by atoms with E-state index in [-0.39, 0.29) is 10.7 Å². The fourth-order valence-corrected chi connectivity index (χ4v) is 3.26. The number of thiol groups is 1. The number of thiophene rings is 1. The van der Waals surface area contributed by atoms with E-state index in [0.29, 0.717) is 19.8 Å². The van der Waals surface area contributed by atoms with E-state index >= 15 is 0 Å². The van der Waals surface area contributed by atoms with Gasteiger partial charge in [-0.25, -0.2) is 0 Å². The lowest BCUT2D eigenvalue weighted by Crippen LogP contribution is -2.56. The molecule has 3 aliphatic rings. The van der Waals surface area contributed by atoms with E-state index in [1.165, 1.54) is 4.88 Å². The second-order valence-corrected chi connectivity index (χ2v) is 7.00. The molecule has 0 aliphatic carbocycles. The molecule has 4 rings (SSSR count). The molecule has 1 aromatic rings. The second-order valence-electron chi connectivity index (χ2n) is 5.11. The van der Waals surface area contributed by atoms with Gasteiger partial charge in [-0.15, -0.1) is 11.3 Å². The maximum absolute atomic E-state index is 5.79. The highest BCUT2D eigenvalue weighted by Gasteiger charge is 2.52. The molecule has 1 atom stereocenters. The summed E-state index contributed by atoms with van der Waals surface area (Å²) in [5.74, 6) is -0.955. The van der Waals surface area contributed by atoms with Gasteiger partial charge in [0.1, 0.15) is 0 Å². The lowest BCUT2D eigenvalue weighted by atomic mass is 9.92. The molecule has 1 unspecified atom stereocenters. The topological polar surface area (TPSA) is 27.7 Å². The van der Waals surface area contributed by atoms with E-state index in [1.807, 2.05) is 6.07 Å². The Hall–Kier alpha value is -0.0700. The van der Waals surface area contributed by atoms with Crippen LogP contribution in [0.5, 0.6) is 0 Å². The number of hydrogen-bond donors (Lipinski definition) is 1. The number of hydrogen-bond acceptors (Lipinski definition) is 5. The summed E-state index contributed by atoms with van der Waals surface area (Å²) >= 11 is 6.08. The van der Waals surface area contributed by atoms with E-state index in [1.54, 1.807) is 11.3 Å². The zero-order valence-electron chi connectivity index (χ0n) is 9.93. The molecule has 5 heteroatoms. The predicted molar refractivity (Wildman–Crippen MR) is 69.4 cm³/mol. The number of fused-ring (bicyclic) bond motifs is 3. The summed E-state index contributed by atoms with van der Waals surface area (Å²) < 4.78 is 17.4. The summed E-state index contributed by atoms with van der Waals surface area (Å²) in [6.07, 6.45) is 0. The minimum atomic E-state index is -0.955. The third kappa shape index (κ3) is 1.94. The van der Waals surface area contributed by atoms with Crippen molar-refractivity contribution in [2.75, 3.05) is 19.8 Å². The van der Waals surface area contributed by atoms with Crippen LogP contribution in [-0.4, -0.2) is 19.8 Å². The van der Waals surface area contributed by atoms with Crippen molar-refractivity contribution in [2.45, 2.75) is 25.1 Å². The molecule has 0 aromatic carbocycles. The van der Waals surface area contributed by atoms with Crippen molar-refractivity contribution in [1.82, 2.24) is 0 Å². The van der Waals surface area contributed by atoms with Crippen molar-refractivity contribution >= 4 is 24.0 Å². The third-order valence-electron chi connectivity index (χ3n) is 3.17. The lowest BCUT2D eigenvalue weighted by molar-refractivity contribution is -0.476. The highest BCUT2D eigenvalue weighted by molar-refractivity contribution is 7.80. The van der Waals surface area contributed by atoms with Gasteiger partial charge >= 0.3 is 5.97 Å². The summed E-state index contributed by atoms with van der Waals surface area (Å²) in [6, 6.07) is 4.08. The van der Waals surface area contributed by atoms with Crippen LogP contribution in [0.25, 0.3) is 0 Å². The quantitative estimate of drug-likeness (QED) is 0.839. The van der Waals surface area contributed by atoms with E-state index in [2.05, 4.69) is 32.5 Å². The van der Waals surface area contributed by atoms with Crippen molar-refractivity contribution < 1.29 is 14.2 Å². The highest BCUT2D eigenvalue weighted by atomic mass is 32.1. The van der Waals surface area contributed by atoms with E-state index in [4.69, 9.17) is 14.2 Å².